The number of aromatic nitrogens is 4. The molecule has 0 bridgehead atoms. The van der Waals surface area contributed by atoms with E-state index in [1.165, 1.54) is 0 Å². The molecule has 3 aromatic rings. The van der Waals surface area contributed by atoms with Crippen molar-refractivity contribution in [2.24, 2.45) is 0 Å². The second-order valence-corrected chi connectivity index (χ2v) is 8.69. The zero-order valence-corrected chi connectivity index (χ0v) is 20.0. The molecule has 184 valence electrons. The molecule has 1 fully saturated rings. The van der Waals surface area contributed by atoms with Crippen LogP contribution in [0.15, 0.2) is 53.6 Å². The van der Waals surface area contributed by atoms with Gasteiger partial charge in [-0.25, -0.2) is 14.4 Å². The van der Waals surface area contributed by atoms with Crippen LogP contribution in [0.2, 0.25) is 0 Å². The van der Waals surface area contributed by atoms with E-state index in [0.29, 0.717) is 29.9 Å². The molecule has 0 N–H and O–H groups in total. The molecule has 2 aromatic heterocycles. The van der Waals surface area contributed by atoms with Crippen molar-refractivity contribution >= 4 is 11.6 Å². The molecular weight excluding hydrogens is 449 g/mol. The number of amides is 1. The maximum absolute atomic E-state index is 13.2. The van der Waals surface area contributed by atoms with Crippen LogP contribution >= 0.6 is 0 Å². The molecule has 1 amide bonds. The Morgan fingerprint density at radius 3 is 2.71 bits per heavy atom. The van der Waals surface area contributed by atoms with Gasteiger partial charge in [0.1, 0.15) is 0 Å². The molecule has 0 atom stereocenters. The van der Waals surface area contributed by atoms with Gasteiger partial charge in [0.05, 0.1) is 25.3 Å². The van der Waals surface area contributed by atoms with Crippen molar-refractivity contribution in [2.75, 3.05) is 18.6 Å². The summed E-state index contributed by atoms with van der Waals surface area (Å²) in [5.41, 5.74) is 1.50. The summed E-state index contributed by atoms with van der Waals surface area (Å²) >= 11 is 0. The van der Waals surface area contributed by atoms with Crippen LogP contribution in [0.5, 0.6) is 5.75 Å². The minimum absolute atomic E-state index is 0.0110. The summed E-state index contributed by atoms with van der Waals surface area (Å²) < 4.78 is 23.7. The minimum Gasteiger partial charge on any atom is -0.494 e. The number of methoxy groups -OCH3 is 1. The maximum Gasteiger partial charge on any atom is 0.227 e. The molecule has 8 nitrogen and oxygen atoms in total. The first-order valence-electron chi connectivity index (χ1n) is 12.0. The predicted octanol–water partition coefficient (Wildman–Crippen LogP) is 5.42. The van der Waals surface area contributed by atoms with E-state index >= 15 is 0 Å². The average Bonchev–Trinajstić information content (AvgIpc) is 3.62. The number of hydrogen-bond acceptors (Lipinski definition) is 7. The Kier molecular flexibility index (Phi) is 8.18. The smallest absolute Gasteiger partial charge is 0.227 e. The van der Waals surface area contributed by atoms with E-state index in [1.54, 1.807) is 24.4 Å². The average molecular weight is 480 g/mol. The monoisotopic (exact) mass is 479 g/mol. The van der Waals surface area contributed by atoms with E-state index in [0.717, 1.165) is 55.6 Å². The molecule has 0 unspecified atom stereocenters. The minimum atomic E-state index is -0.496. The third-order valence-electron chi connectivity index (χ3n) is 5.89. The standard InChI is InChI=1S/C26H30FN5O3/c1-18(27)10-13-24(33)32(14-5-3-4-9-23-30-26(31-35-23)19-11-12-19)21-8-6-7-20(15-21)25-28-16-22(34-2)17-29-25/h6-8,15-17,19H,1,3-5,9-14H2,2H3. The van der Waals surface area contributed by atoms with Gasteiger partial charge in [-0.1, -0.05) is 30.3 Å². The number of halogens is 1. The highest BCUT2D eigenvalue weighted by atomic mass is 19.1. The number of anilines is 1. The van der Waals surface area contributed by atoms with Gasteiger partial charge in [0.15, 0.2) is 17.4 Å². The summed E-state index contributed by atoms with van der Waals surface area (Å²) in [5, 5.41) is 4.05. The van der Waals surface area contributed by atoms with Gasteiger partial charge in [-0.15, -0.1) is 0 Å². The molecule has 1 aliphatic rings. The number of hydrogen-bond donors (Lipinski definition) is 0. The van der Waals surface area contributed by atoms with Gasteiger partial charge >= 0.3 is 0 Å². The van der Waals surface area contributed by atoms with E-state index in [1.807, 2.05) is 24.3 Å². The van der Waals surface area contributed by atoms with Crippen LogP contribution in [-0.2, 0) is 11.2 Å². The third-order valence-corrected chi connectivity index (χ3v) is 5.89. The largest absolute Gasteiger partial charge is 0.494 e. The fourth-order valence-electron chi connectivity index (χ4n) is 3.76. The Labute approximate surface area is 204 Å². The van der Waals surface area contributed by atoms with Gasteiger partial charge in [-0.05, 0) is 37.8 Å². The quantitative estimate of drug-likeness (QED) is 0.302. The van der Waals surface area contributed by atoms with E-state index in [4.69, 9.17) is 9.26 Å². The number of carbonyl (C=O) groups excluding carboxylic acids is 1. The van der Waals surface area contributed by atoms with Crippen LogP contribution in [0.4, 0.5) is 10.1 Å². The number of nitrogens with zero attached hydrogens (tertiary/aromatic N) is 5. The highest BCUT2D eigenvalue weighted by molar-refractivity contribution is 5.94. The van der Waals surface area contributed by atoms with Crippen molar-refractivity contribution in [1.82, 2.24) is 20.1 Å². The van der Waals surface area contributed by atoms with Crippen LogP contribution in [0.25, 0.3) is 11.4 Å². The first-order valence-corrected chi connectivity index (χ1v) is 12.0. The molecule has 35 heavy (non-hydrogen) atoms. The van der Waals surface area contributed by atoms with Crippen molar-refractivity contribution in [3.05, 3.63) is 60.8 Å². The zero-order chi connectivity index (χ0) is 24.6. The van der Waals surface area contributed by atoms with Crippen molar-refractivity contribution in [3.8, 4) is 17.1 Å². The molecule has 0 radical (unpaired) electrons. The second-order valence-electron chi connectivity index (χ2n) is 8.69. The predicted molar refractivity (Wildman–Crippen MR) is 130 cm³/mol. The molecule has 9 heteroatoms. The third kappa shape index (κ3) is 6.94. The van der Waals surface area contributed by atoms with Crippen molar-refractivity contribution < 1.29 is 18.4 Å². The summed E-state index contributed by atoms with van der Waals surface area (Å²) in [5.74, 6) is 2.43. The van der Waals surface area contributed by atoms with Crippen molar-refractivity contribution in [2.45, 2.75) is 57.3 Å². The number of benzene rings is 1. The number of ether oxygens (including phenoxy) is 1. The molecule has 1 aliphatic carbocycles. The lowest BCUT2D eigenvalue weighted by Crippen LogP contribution is -2.31. The molecule has 1 aromatic carbocycles. The highest BCUT2D eigenvalue weighted by Gasteiger charge is 2.28. The van der Waals surface area contributed by atoms with Gasteiger partial charge in [-0.2, -0.15) is 4.98 Å². The van der Waals surface area contributed by atoms with Gasteiger partial charge in [0.2, 0.25) is 11.8 Å². The maximum atomic E-state index is 13.2. The van der Waals surface area contributed by atoms with Gasteiger partial charge < -0.3 is 14.2 Å². The summed E-state index contributed by atoms with van der Waals surface area (Å²) in [6.07, 6.45) is 8.84. The van der Waals surface area contributed by atoms with Crippen molar-refractivity contribution in [1.29, 1.82) is 0 Å². The summed E-state index contributed by atoms with van der Waals surface area (Å²) in [4.78, 5) is 27.8. The van der Waals surface area contributed by atoms with Crippen LogP contribution in [-0.4, -0.2) is 39.7 Å². The van der Waals surface area contributed by atoms with Gasteiger partial charge in [0.25, 0.3) is 0 Å². The van der Waals surface area contributed by atoms with E-state index in [9.17, 15) is 9.18 Å². The fourth-order valence-corrected chi connectivity index (χ4v) is 3.76. The lowest BCUT2D eigenvalue weighted by atomic mass is 10.1. The molecular formula is C26H30FN5O3. The number of allylic oxidation sites excluding steroid dienone is 1. The summed E-state index contributed by atoms with van der Waals surface area (Å²) in [6, 6.07) is 7.49. The Morgan fingerprint density at radius 2 is 2.00 bits per heavy atom. The lowest BCUT2D eigenvalue weighted by Gasteiger charge is -2.23. The molecule has 1 saturated carbocycles. The zero-order valence-electron chi connectivity index (χ0n) is 20.0. The van der Waals surface area contributed by atoms with Crippen LogP contribution in [0.3, 0.4) is 0 Å². The SMILES string of the molecule is C=C(F)CCC(=O)N(CCCCCc1nc(C2CC2)no1)c1cccc(-c2ncc(OC)cn2)c1. The number of carbonyl (C=O) groups is 1. The van der Waals surface area contributed by atoms with Crippen molar-refractivity contribution in [3.63, 3.8) is 0 Å². The van der Waals surface area contributed by atoms with Crippen LogP contribution in [0, 0.1) is 0 Å². The summed E-state index contributed by atoms with van der Waals surface area (Å²) in [7, 11) is 1.56. The Hall–Kier alpha value is -3.62. The second kappa shape index (κ2) is 11.7. The van der Waals surface area contributed by atoms with Crippen LogP contribution in [0.1, 0.15) is 62.6 Å². The number of unbranched alkanes of at least 4 members (excludes halogenated alkanes) is 2. The van der Waals surface area contributed by atoms with E-state index in [2.05, 4.69) is 26.7 Å². The normalized spacial score (nSPS) is 13.0. The Balaban J connectivity index is 1.38. The molecule has 0 spiro atoms. The molecule has 4 rings (SSSR count). The number of aryl methyl sites for hydroxylation is 1. The Bertz CT molecular complexity index is 1140. The Morgan fingerprint density at radius 1 is 1.20 bits per heavy atom. The first kappa shape index (κ1) is 24.5. The highest BCUT2D eigenvalue weighted by Crippen LogP contribution is 2.38. The number of rotatable bonds is 13. The van der Waals surface area contributed by atoms with Crippen LogP contribution < -0.4 is 9.64 Å². The molecule has 2 heterocycles. The first-order chi connectivity index (χ1) is 17.0. The molecule has 0 saturated heterocycles. The molecule has 0 aliphatic heterocycles. The van der Waals surface area contributed by atoms with Gasteiger partial charge in [0, 0.05) is 43.0 Å². The van der Waals surface area contributed by atoms with Gasteiger partial charge in [-0.3, -0.25) is 4.79 Å². The van der Waals surface area contributed by atoms with E-state index < -0.39 is 5.83 Å². The fraction of sp³-hybridized carbons (Fsp3) is 0.423. The van der Waals surface area contributed by atoms with E-state index in [-0.39, 0.29) is 18.7 Å². The lowest BCUT2D eigenvalue weighted by molar-refractivity contribution is -0.118. The topological polar surface area (TPSA) is 94.2 Å². The summed E-state index contributed by atoms with van der Waals surface area (Å²) in [6.45, 7) is 3.79.